The van der Waals surface area contributed by atoms with E-state index in [0.717, 1.165) is 21.0 Å². The number of nitrogens with zero attached hydrogens (tertiary/aromatic N) is 2. The highest BCUT2D eigenvalue weighted by molar-refractivity contribution is 7.92. The molecule has 0 heterocycles. The van der Waals surface area contributed by atoms with Crippen molar-refractivity contribution in [1.82, 2.24) is 10.2 Å². The first-order valence-electron chi connectivity index (χ1n) is 14.0. The smallest absolute Gasteiger partial charge is 0.264 e. The predicted octanol–water partition coefficient (Wildman–Crippen LogP) is 5.39. The van der Waals surface area contributed by atoms with E-state index in [0.29, 0.717) is 5.69 Å². The Labute approximate surface area is 248 Å². The molecule has 0 unspecified atom stereocenters. The zero-order chi connectivity index (χ0) is 30.1. The van der Waals surface area contributed by atoms with Gasteiger partial charge in [-0.2, -0.15) is 0 Å². The van der Waals surface area contributed by atoms with E-state index in [-0.39, 0.29) is 29.7 Å². The van der Waals surface area contributed by atoms with Crippen LogP contribution in [0.5, 0.6) is 0 Å². The molecule has 0 saturated heterocycles. The van der Waals surface area contributed by atoms with Gasteiger partial charge in [-0.25, -0.2) is 8.42 Å². The maximum atomic E-state index is 14.3. The molecule has 0 spiro atoms. The summed E-state index contributed by atoms with van der Waals surface area (Å²) in [5.74, 6) is -0.565. The van der Waals surface area contributed by atoms with Gasteiger partial charge < -0.3 is 10.2 Å². The Morgan fingerprint density at radius 2 is 1.26 bits per heavy atom. The Hall–Kier alpha value is -4.43. The summed E-state index contributed by atoms with van der Waals surface area (Å²) in [6.45, 7) is 3.78. The number of carbonyl (C=O) groups is 2. The van der Waals surface area contributed by atoms with E-state index in [4.69, 9.17) is 0 Å². The molecule has 2 amide bonds. The Kier molecular flexibility index (Phi) is 10.1. The van der Waals surface area contributed by atoms with Crippen LogP contribution in [-0.2, 0) is 32.6 Å². The van der Waals surface area contributed by atoms with Crippen molar-refractivity contribution in [3.05, 3.63) is 132 Å². The first-order chi connectivity index (χ1) is 20.2. The molecule has 0 aliphatic heterocycles. The molecule has 0 fully saturated rings. The van der Waals surface area contributed by atoms with E-state index < -0.39 is 28.5 Å². The third-order valence-electron chi connectivity index (χ3n) is 7.17. The number of hydrogen-bond acceptors (Lipinski definition) is 4. The Balaban J connectivity index is 1.77. The van der Waals surface area contributed by atoms with Crippen molar-refractivity contribution in [1.29, 1.82) is 0 Å². The quantitative estimate of drug-likeness (QED) is 0.242. The molecule has 4 aromatic rings. The van der Waals surface area contributed by atoms with E-state index in [1.807, 2.05) is 72.8 Å². The van der Waals surface area contributed by atoms with Gasteiger partial charge in [0.25, 0.3) is 10.0 Å². The van der Waals surface area contributed by atoms with Crippen molar-refractivity contribution >= 4 is 27.5 Å². The molecule has 1 atom stereocenters. The van der Waals surface area contributed by atoms with Gasteiger partial charge in [0.1, 0.15) is 12.6 Å². The highest BCUT2D eigenvalue weighted by Crippen LogP contribution is 2.27. The molecule has 42 heavy (non-hydrogen) atoms. The number of likely N-dealkylation sites (N-methyl/N-ethyl adjacent to an activating group) is 1. The minimum atomic E-state index is -4.11. The number of benzene rings is 4. The number of carbonyl (C=O) groups excluding carboxylic acids is 2. The van der Waals surface area contributed by atoms with Crippen molar-refractivity contribution in [2.45, 2.75) is 43.7 Å². The Bertz CT molecular complexity index is 1560. The average Bonchev–Trinajstić information content (AvgIpc) is 3.02. The zero-order valence-corrected chi connectivity index (χ0v) is 25.0. The molecular weight excluding hydrogens is 546 g/mol. The van der Waals surface area contributed by atoms with Crippen molar-refractivity contribution in [2.75, 3.05) is 17.9 Å². The van der Waals surface area contributed by atoms with Gasteiger partial charge in [-0.1, -0.05) is 105 Å². The molecule has 4 rings (SSSR count). The van der Waals surface area contributed by atoms with Crippen LogP contribution in [0.2, 0.25) is 0 Å². The van der Waals surface area contributed by atoms with Crippen LogP contribution in [0.1, 0.15) is 36.5 Å². The lowest BCUT2D eigenvalue weighted by Gasteiger charge is -2.33. The van der Waals surface area contributed by atoms with Crippen molar-refractivity contribution in [3.8, 4) is 0 Å². The van der Waals surface area contributed by atoms with E-state index in [9.17, 15) is 18.0 Å². The summed E-state index contributed by atoms with van der Waals surface area (Å²) in [6.07, 6.45) is 0.271. The minimum Gasteiger partial charge on any atom is -0.357 e. The number of nitrogens with one attached hydrogen (secondary N) is 1. The van der Waals surface area contributed by atoms with Crippen LogP contribution in [0.4, 0.5) is 5.69 Å². The molecule has 0 bridgehead atoms. The van der Waals surface area contributed by atoms with Gasteiger partial charge in [0.15, 0.2) is 0 Å². The van der Waals surface area contributed by atoms with Gasteiger partial charge in [0, 0.05) is 20.0 Å². The van der Waals surface area contributed by atoms with Crippen molar-refractivity contribution < 1.29 is 18.0 Å². The third kappa shape index (κ3) is 7.44. The maximum absolute atomic E-state index is 14.3. The normalized spacial score (nSPS) is 12.0. The van der Waals surface area contributed by atoms with Crippen LogP contribution in [0, 0.1) is 0 Å². The molecular formula is C34H37N3O4S. The molecule has 218 valence electrons. The second kappa shape index (κ2) is 14.0. The summed E-state index contributed by atoms with van der Waals surface area (Å²) in [5.41, 5.74) is 3.13. The highest BCUT2D eigenvalue weighted by atomic mass is 32.2. The average molecular weight is 584 g/mol. The summed E-state index contributed by atoms with van der Waals surface area (Å²) in [5, 5.41) is 2.70. The summed E-state index contributed by atoms with van der Waals surface area (Å²) < 4.78 is 29.1. The van der Waals surface area contributed by atoms with Crippen LogP contribution >= 0.6 is 0 Å². The van der Waals surface area contributed by atoms with Gasteiger partial charge in [-0.05, 0) is 46.9 Å². The van der Waals surface area contributed by atoms with Gasteiger partial charge in [0.2, 0.25) is 11.8 Å². The molecule has 0 aromatic heterocycles. The zero-order valence-electron chi connectivity index (χ0n) is 24.2. The lowest BCUT2D eigenvalue weighted by molar-refractivity contribution is -0.139. The van der Waals surface area contributed by atoms with E-state index in [1.165, 1.54) is 24.1 Å². The van der Waals surface area contributed by atoms with Crippen LogP contribution in [0.25, 0.3) is 0 Å². The largest absolute Gasteiger partial charge is 0.357 e. The second-order valence-corrected chi connectivity index (χ2v) is 12.3. The Morgan fingerprint density at radius 1 is 0.738 bits per heavy atom. The SMILES string of the molecule is CNC(=O)[C@H](Cc1ccccc1)N(Cc1ccccc1)C(=O)CN(c1ccc(C(C)C)cc1)S(=O)(=O)c1ccccc1. The molecule has 7 nitrogen and oxygen atoms in total. The lowest BCUT2D eigenvalue weighted by atomic mass is 10.0. The van der Waals surface area contributed by atoms with Crippen LogP contribution < -0.4 is 9.62 Å². The fourth-order valence-corrected chi connectivity index (χ4v) is 6.21. The topological polar surface area (TPSA) is 86.8 Å². The molecule has 0 radical (unpaired) electrons. The Morgan fingerprint density at radius 3 is 1.79 bits per heavy atom. The van der Waals surface area contributed by atoms with Crippen LogP contribution in [-0.4, -0.2) is 44.8 Å². The monoisotopic (exact) mass is 583 g/mol. The first kappa shape index (κ1) is 30.5. The van der Waals surface area contributed by atoms with Gasteiger partial charge in [0.05, 0.1) is 10.6 Å². The number of anilines is 1. The van der Waals surface area contributed by atoms with Gasteiger partial charge in [-0.15, -0.1) is 0 Å². The second-order valence-electron chi connectivity index (χ2n) is 10.4. The highest BCUT2D eigenvalue weighted by Gasteiger charge is 2.34. The summed E-state index contributed by atoms with van der Waals surface area (Å²) in [6, 6.07) is 33.3. The van der Waals surface area contributed by atoms with E-state index in [2.05, 4.69) is 19.2 Å². The van der Waals surface area contributed by atoms with Gasteiger partial charge in [-0.3, -0.25) is 13.9 Å². The molecule has 0 aliphatic rings. The maximum Gasteiger partial charge on any atom is 0.264 e. The number of amides is 2. The fraction of sp³-hybridized carbons (Fsp3) is 0.235. The first-order valence-corrected chi connectivity index (χ1v) is 15.4. The summed E-state index contributed by atoms with van der Waals surface area (Å²) in [7, 11) is -2.58. The number of rotatable bonds is 12. The van der Waals surface area contributed by atoms with Gasteiger partial charge >= 0.3 is 0 Å². The number of sulfonamides is 1. The molecule has 4 aromatic carbocycles. The van der Waals surface area contributed by atoms with E-state index >= 15 is 0 Å². The standard InChI is InChI=1S/C34H37N3O4S/c1-26(2)29-19-21-30(22-20-29)37(42(40,41)31-17-11-6-12-18-31)25-33(38)36(24-28-15-9-5-10-16-28)32(34(39)35-3)23-27-13-7-4-8-14-27/h4-22,26,32H,23-25H2,1-3H3,(H,35,39)/t32-/m0/s1. The summed E-state index contributed by atoms with van der Waals surface area (Å²) in [4.78, 5) is 29.1. The molecule has 0 aliphatic carbocycles. The summed E-state index contributed by atoms with van der Waals surface area (Å²) >= 11 is 0. The predicted molar refractivity (Wildman–Crippen MR) is 166 cm³/mol. The molecule has 8 heteroatoms. The van der Waals surface area contributed by atoms with Crippen LogP contribution in [0.15, 0.2) is 120 Å². The van der Waals surface area contributed by atoms with Crippen LogP contribution in [0.3, 0.4) is 0 Å². The molecule has 0 saturated carbocycles. The lowest BCUT2D eigenvalue weighted by Crippen LogP contribution is -2.53. The van der Waals surface area contributed by atoms with Crippen molar-refractivity contribution in [3.63, 3.8) is 0 Å². The fourth-order valence-electron chi connectivity index (χ4n) is 4.77. The number of hydrogen-bond donors (Lipinski definition) is 1. The third-order valence-corrected chi connectivity index (χ3v) is 8.96. The van der Waals surface area contributed by atoms with E-state index in [1.54, 1.807) is 30.3 Å². The van der Waals surface area contributed by atoms with Crippen molar-refractivity contribution in [2.24, 2.45) is 0 Å². The molecule has 1 N–H and O–H groups in total. The minimum absolute atomic E-state index is 0.0764.